The van der Waals surface area contributed by atoms with E-state index in [0.29, 0.717) is 0 Å². The fourth-order valence-electron chi connectivity index (χ4n) is 1.70. The van der Waals surface area contributed by atoms with E-state index in [-0.39, 0.29) is 5.56 Å². The summed E-state index contributed by atoms with van der Waals surface area (Å²) in [4.78, 5) is 16.5. The number of carboxylic acid groups (broad SMARTS) is 1. The summed E-state index contributed by atoms with van der Waals surface area (Å²) in [6.07, 6.45) is 0. The van der Waals surface area contributed by atoms with Gasteiger partial charge in [0.2, 0.25) is 0 Å². The van der Waals surface area contributed by atoms with E-state index in [1.165, 1.54) is 0 Å². The van der Waals surface area contributed by atoms with Crippen molar-refractivity contribution < 1.29 is 9.90 Å². The molecule has 1 N–H and O–H groups in total. The summed E-state index contributed by atoms with van der Waals surface area (Å²) in [5, 5.41) is 13.9. The molecule has 0 atom stereocenters. The Hall–Kier alpha value is -1.98. The van der Waals surface area contributed by atoms with E-state index in [9.17, 15) is 4.79 Å². The monoisotopic (exact) mass is 287 g/mol. The Morgan fingerprint density at radius 3 is 2.53 bits per heavy atom. The van der Waals surface area contributed by atoms with Crippen LogP contribution in [0.3, 0.4) is 0 Å². The highest BCUT2D eigenvalue weighted by molar-refractivity contribution is 7.20. The number of hydrogen-bond acceptors (Lipinski definition) is 4. The molecule has 3 rings (SSSR count). The number of hydrogen-bond donors (Lipinski definition) is 1. The van der Waals surface area contributed by atoms with Crippen LogP contribution >= 0.6 is 22.7 Å². The third-order valence-electron chi connectivity index (χ3n) is 2.66. The highest BCUT2D eigenvalue weighted by Gasteiger charge is 2.08. The maximum Gasteiger partial charge on any atom is 0.335 e. The summed E-state index contributed by atoms with van der Waals surface area (Å²) in [7, 11) is 0. The number of aromatic carboxylic acids is 1. The second kappa shape index (κ2) is 4.95. The van der Waals surface area contributed by atoms with Crippen LogP contribution in [0.25, 0.3) is 21.1 Å². The average Bonchev–Trinajstić information content (AvgIpc) is 3.10. The molecule has 0 spiro atoms. The minimum absolute atomic E-state index is 0.289. The number of aromatic nitrogens is 1. The average molecular weight is 287 g/mol. The van der Waals surface area contributed by atoms with Gasteiger partial charge in [0.15, 0.2) is 0 Å². The Bertz CT molecular complexity index is 699. The molecule has 2 aromatic heterocycles. The second-order valence-corrected chi connectivity index (χ2v) is 5.70. The van der Waals surface area contributed by atoms with E-state index in [2.05, 4.69) is 4.98 Å². The van der Waals surface area contributed by atoms with Crippen molar-refractivity contribution in [3.63, 3.8) is 0 Å². The van der Waals surface area contributed by atoms with E-state index in [1.54, 1.807) is 46.9 Å². The molecule has 19 heavy (non-hydrogen) atoms. The summed E-state index contributed by atoms with van der Waals surface area (Å²) in [6, 6.07) is 10.8. The number of rotatable bonds is 3. The van der Waals surface area contributed by atoms with Crippen molar-refractivity contribution in [2.24, 2.45) is 0 Å². The number of thiophene rings is 1. The Kier molecular flexibility index (Phi) is 3.15. The molecule has 2 heterocycles. The molecule has 0 unspecified atom stereocenters. The van der Waals surface area contributed by atoms with Gasteiger partial charge in [-0.1, -0.05) is 18.2 Å². The normalized spacial score (nSPS) is 10.5. The van der Waals surface area contributed by atoms with Crippen molar-refractivity contribution in [2.75, 3.05) is 0 Å². The van der Waals surface area contributed by atoms with Crippen LogP contribution in [-0.4, -0.2) is 16.1 Å². The van der Waals surface area contributed by atoms with E-state index < -0.39 is 5.97 Å². The Morgan fingerprint density at radius 2 is 1.89 bits per heavy atom. The summed E-state index contributed by atoms with van der Waals surface area (Å²) in [5.74, 6) is -0.913. The number of benzene rings is 1. The molecule has 94 valence electrons. The SMILES string of the molecule is O=C(O)c1ccc(-c2csc(-c3cccs3)n2)cc1. The quantitative estimate of drug-likeness (QED) is 0.784. The van der Waals surface area contributed by atoms with E-state index >= 15 is 0 Å². The molecule has 5 heteroatoms. The highest BCUT2D eigenvalue weighted by Crippen LogP contribution is 2.31. The molecule has 0 amide bonds. The predicted molar refractivity (Wildman–Crippen MR) is 77.8 cm³/mol. The van der Waals surface area contributed by atoms with Gasteiger partial charge in [0.05, 0.1) is 16.1 Å². The smallest absolute Gasteiger partial charge is 0.335 e. The first-order valence-corrected chi connectivity index (χ1v) is 7.33. The van der Waals surface area contributed by atoms with E-state index in [4.69, 9.17) is 5.11 Å². The minimum Gasteiger partial charge on any atom is -0.478 e. The van der Waals surface area contributed by atoms with E-state index in [1.807, 2.05) is 22.9 Å². The lowest BCUT2D eigenvalue weighted by atomic mass is 10.1. The van der Waals surface area contributed by atoms with Crippen molar-refractivity contribution >= 4 is 28.6 Å². The highest BCUT2D eigenvalue weighted by atomic mass is 32.1. The van der Waals surface area contributed by atoms with Crippen molar-refractivity contribution in [2.45, 2.75) is 0 Å². The van der Waals surface area contributed by atoms with Crippen molar-refractivity contribution in [1.82, 2.24) is 4.98 Å². The zero-order chi connectivity index (χ0) is 13.2. The van der Waals surface area contributed by atoms with Gasteiger partial charge in [-0.25, -0.2) is 9.78 Å². The molecule has 0 radical (unpaired) electrons. The van der Waals surface area contributed by atoms with Gasteiger partial charge in [-0.05, 0) is 23.6 Å². The first-order valence-electron chi connectivity index (χ1n) is 5.57. The van der Waals surface area contributed by atoms with Crippen molar-refractivity contribution in [1.29, 1.82) is 0 Å². The topological polar surface area (TPSA) is 50.2 Å². The summed E-state index contributed by atoms with van der Waals surface area (Å²) in [5.41, 5.74) is 2.10. The molecule has 0 aliphatic rings. The van der Waals surface area contributed by atoms with Gasteiger partial charge in [0, 0.05) is 10.9 Å². The molecule has 0 aliphatic heterocycles. The van der Waals surface area contributed by atoms with Gasteiger partial charge in [-0.2, -0.15) is 0 Å². The molecule has 0 bridgehead atoms. The predicted octanol–water partition coefficient (Wildman–Crippen LogP) is 4.24. The molecule has 0 saturated carbocycles. The lowest BCUT2D eigenvalue weighted by Gasteiger charge is -1.97. The van der Waals surface area contributed by atoms with Gasteiger partial charge >= 0.3 is 5.97 Å². The van der Waals surface area contributed by atoms with Gasteiger partial charge in [0.25, 0.3) is 0 Å². The molecular formula is C14H9NO2S2. The van der Waals surface area contributed by atoms with Crippen LogP contribution in [0, 0.1) is 0 Å². The minimum atomic E-state index is -0.913. The van der Waals surface area contributed by atoms with Gasteiger partial charge < -0.3 is 5.11 Å². The van der Waals surface area contributed by atoms with Gasteiger partial charge in [-0.3, -0.25) is 0 Å². The van der Waals surface area contributed by atoms with Crippen molar-refractivity contribution in [3.8, 4) is 21.1 Å². The van der Waals surface area contributed by atoms with Crippen LogP contribution < -0.4 is 0 Å². The Labute approximate surface area is 117 Å². The van der Waals surface area contributed by atoms with Crippen molar-refractivity contribution in [3.05, 3.63) is 52.7 Å². The third-order valence-corrected chi connectivity index (χ3v) is 4.55. The maximum atomic E-state index is 10.8. The Morgan fingerprint density at radius 1 is 1.11 bits per heavy atom. The molecular weight excluding hydrogens is 278 g/mol. The zero-order valence-corrected chi connectivity index (χ0v) is 11.4. The fraction of sp³-hybridized carbons (Fsp3) is 0. The largest absolute Gasteiger partial charge is 0.478 e. The summed E-state index contributed by atoms with van der Waals surface area (Å²) >= 11 is 3.26. The van der Waals surface area contributed by atoms with Gasteiger partial charge in [0.1, 0.15) is 5.01 Å². The molecule has 0 fully saturated rings. The summed E-state index contributed by atoms with van der Waals surface area (Å²) < 4.78 is 0. The Balaban J connectivity index is 1.92. The van der Waals surface area contributed by atoms with Crippen LogP contribution in [0.2, 0.25) is 0 Å². The van der Waals surface area contributed by atoms with Gasteiger partial charge in [-0.15, -0.1) is 22.7 Å². The van der Waals surface area contributed by atoms with Crippen LogP contribution in [0.1, 0.15) is 10.4 Å². The fourth-order valence-corrected chi connectivity index (χ4v) is 3.35. The molecule has 0 aliphatic carbocycles. The number of nitrogens with zero attached hydrogens (tertiary/aromatic N) is 1. The third kappa shape index (κ3) is 2.43. The molecule has 1 aromatic carbocycles. The van der Waals surface area contributed by atoms with Crippen LogP contribution in [0.5, 0.6) is 0 Å². The number of carbonyl (C=O) groups is 1. The standard InChI is InChI=1S/C14H9NO2S2/c16-14(17)10-5-3-9(4-6-10)11-8-19-13(15-11)12-2-1-7-18-12/h1-8H,(H,16,17). The van der Waals surface area contributed by atoms with Crippen LogP contribution in [0.4, 0.5) is 0 Å². The summed E-state index contributed by atoms with van der Waals surface area (Å²) in [6.45, 7) is 0. The maximum absolute atomic E-state index is 10.8. The number of carboxylic acids is 1. The zero-order valence-electron chi connectivity index (χ0n) is 9.74. The molecule has 3 nitrogen and oxygen atoms in total. The first-order chi connectivity index (χ1) is 9.24. The van der Waals surface area contributed by atoms with Crippen LogP contribution in [0.15, 0.2) is 47.2 Å². The lowest BCUT2D eigenvalue weighted by molar-refractivity contribution is 0.0697. The first kappa shape index (κ1) is 12.1. The van der Waals surface area contributed by atoms with Crippen LogP contribution in [-0.2, 0) is 0 Å². The van der Waals surface area contributed by atoms with E-state index in [0.717, 1.165) is 21.1 Å². The second-order valence-electron chi connectivity index (χ2n) is 3.90. The molecule has 0 saturated heterocycles. The molecule has 3 aromatic rings. The lowest BCUT2D eigenvalue weighted by Crippen LogP contribution is -1.94. The number of thiazole rings is 1.